The van der Waals surface area contributed by atoms with Gasteiger partial charge in [0.15, 0.2) is 0 Å². The van der Waals surface area contributed by atoms with E-state index in [1.54, 1.807) is 0 Å². The van der Waals surface area contributed by atoms with Crippen LogP contribution in [0.3, 0.4) is 0 Å². The molecule has 2 N–H and O–H groups in total. The van der Waals surface area contributed by atoms with Gasteiger partial charge in [0.2, 0.25) is 11.7 Å². The van der Waals surface area contributed by atoms with Gasteiger partial charge in [-0.2, -0.15) is 16.7 Å². The number of hydrogen-bond acceptors (Lipinski definition) is 6. The second kappa shape index (κ2) is 4.29. The minimum Gasteiger partial charge on any atom is -0.368 e. The molecule has 1 aromatic rings. The third kappa shape index (κ3) is 2.08. The van der Waals surface area contributed by atoms with Crippen molar-refractivity contribution in [2.45, 2.75) is 19.1 Å². The fourth-order valence-electron chi connectivity index (χ4n) is 1.20. The molecular weight excluding hydrogens is 202 g/mol. The van der Waals surface area contributed by atoms with Crippen molar-refractivity contribution in [3.8, 4) is 0 Å². The molecule has 14 heavy (non-hydrogen) atoms. The van der Waals surface area contributed by atoms with Crippen LogP contribution in [0.25, 0.3) is 0 Å². The maximum absolute atomic E-state index is 5.61. The zero-order chi connectivity index (χ0) is 9.97. The Morgan fingerprint density at radius 3 is 3.07 bits per heavy atom. The fourth-order valence-corrected chi connectivity index (χ4v) is 2.04. The van der Waals surface area contributed by atoms with Crippen molar-refractivity contribution >= 4 is 11.8 Å². The summed E-state index contributed by atoms with van der Waals surface area (Å²) < 4.78 is 10.5. The maximum Gasteiger partial charge on any atom is 0.243 e. The quantitative estimate of drug-likeness (QED) is 0.789. The Bertz CT molecular complexity index is 297. The molecule has 0 bridgehead atoms. The lowest BCUT2D eigenvalue weighted by Gasteiger charge is -2.18. The third-order valence-corrected chi connectivity index (χ3v) is 2.94. The summed E-state index contributed by atoms with van der Waals surface area (Å²) in [6, 6.07) is -0.215. The first-order valence-corrected chi connectivity index (χ1v) is 5.71. The summed E-state index contributed by atoms with van der Waals surface area (Å²) in [5.74, 6) is 3.01. The molecule has 78 valence electrons. The van der Waals surface area contributed by atoms with E-state index in [1.807, 2.05) is 18.7 Å². The fraction of sp³-hybridized carbons (Fsp3) is 0.750. The van der Waals surface area contributed by atoms with Gasteiger partial charge >= 0.3 is 0 Å². The van der Waals surface area contributed by atoms with Gasteiger partial charge in [0.25, 0.3) is 0 Å². The van der Waals surface area contributed by atoms with Gasteiger partial charge < -0.3 is 15.0 Å². The summed E-state index contributed by atoms with van der Waals surface area (Å²) in [6.07, 6.45) is -0.0370. The highest BCUT2D eigenvalue weighted by Gasteiger charge is 2.22. The summed E-state index contributed by atoms with van der Waals surface area (Å²) in [6.45, 7) is 2.56. The molecule has 2 atom stereocenters. The SMILES string of the molecule is CC(N)c1nc(C2CSCCO2)no1. The van der Waals surface area contributed by atoms with Gasteiger partial charge in [0.05, 0.1) is 12.6 Å². The predicted octanol–water partition coefficient (Wildman–Crippen LogP) is 0.894. The second-order valence-corrected chi connectivity index (χ2v) is 4.36. The van der Waals surface area contributed by atoms with Crippen molar-refractivity contribution in [2.75, 3.05) is 18.1 Å². The highest BCUT2D eigenvalue weighted by Crippen LogP contribution is 2.24. The summed E-state index contributed by atoms with van der Waals surface area (Å²) in [7, 11) is 0. The average molecular weight is 215 g/mol. The van der Waals surface area contributed by atoms with Gasteiger partial charge in [-0.15, -0.1) is 0 Å². The highest BCUT2D eigenvalue weighted by atomic mass is 32.2. The Balaban J connectivity index is 2.07. The molecule has 0 radical (unpaired) electrons. The highest BCUT2D eigenvalue weighted by molar-refractivity contribution is 7.99. The molecule has 1 aliphatic rings. The normalized spacial score (nSPS) is 24.9. The lowest BCUT2D eigenvalue weighted by atomic mass is 10.3. The van der Waals surface area contributed by atoms with Crippen LogP contribution in [0.5, 0.6) is 0 Å². The smallest absolute Gasteiger partial charge is 0.243 e. The molecule has 1 aromatic heterocycles. The van der Waals surface area contributed by atoms with E-state index < -0.39 is 0 Å². The number of nitrogens with zero attached hydrogens (tertiary/aromatic N) is 2. The zero-order valence-electron chi connectivity index (χ0n) is 7.97. The maximum atomic E-state index is 5.61. The molecule has 0 saturated carbocycles. The molecule has 2 unspecified atom stereocenters. The number of thioether (sulfide) groups is 1. The van der Waals surface area contributed by atoms with E-state index in [0.29, 0.717) is 11.7 Å². The number of aromatic nitrogens is 2. The zero-order valence-corrected chi connectivity index (χ0v) is 8.79. The van der Waals surface area contributed by atoms with Crippen molar-refractivity contribution < 1.29 is 9.26 Å². The number of rotatable bonds is 2. The van der Waals surface area contributed by atoms with Crippen molar-refractivity contribution in [1.29, 1.82) is 0 Å². The largest absolute Gasteiger partial charge is 0.368 e. The topological polar surface area (TPSA) is 74.2 Å². The van der Waals surface area contributed by atoms with Gasteiger partial charge in [-0.25, -0.2) is 0 Å². The molecule has 1 fully saturated rings. The lowest BCUT2D eigenvalue weighted by molar-refractivity contribution is 0.0677. The van der Waals surface area contributed by atoms with E-state index in [0.717, 1.165) is 18.1 Å². The predicted molar refractivity (Wildman–Crippen MR) is 52.9 cm³/mol. The Labute approximate surface area is 86.4 Å². The van der Waals surface area contributed by atoms with E-state index in [-0.39, 0.29) is 12.1 Å². The minimum absolute atomic E-state index is 0.0370. The Morgan fingerprint density at radius 1 is 1.64 bits per heavy atom. The Hall–Kier alpha value is -0.590. The molecule has 6 heteroatoms. The van der Waals surface area contributed by atoms with Crippen LogP contribution < -0.4 is 5.73 Å². The van der Waals surface area contributed by atoms with E-state index in [1.165, 1.54) is 0 Å². The first-order chi connectivity index (χ1) is 6.77. The molecule has 0 spiro atoms. The van der Waals surface area contributed by atoms with Crippen LogP contribution in [0.4, 0.5) is 0 Å². The molecule has 0 aromatic carbocycles. The summed E-state index contributed by atoms with van der Waals surface area (Å²) >= 11 is 1.84. The Morgan fingerprint density at radius 2 is 2.50 bits per heavy atom. The van der Waals surface area contributed by atoms with Gasteiger partial charge in [0.1, 0.15) is 6.10 Å². The standard InChI is InChI=1S/C8H13N3O2S/c1-5(9)8-10-7(11-13-8)6-4-14-3-2-12-6/h5-6H,2-4,9H2,1H3. The summed E-state index contributed by atoms with van der Waals surface area (Å²) in [5, 5.41) is 3.86. The number of nitrogens with two attached hydrogens (primary N) is 1. The molecule has 1 aliphatic heterocycles. The third-order valence-electron chi connectivity index (χ3n) is 1.95. The summed E-state index contributed by atoms with van der Waals surface area (Å²) in [4.78, 5) is 4.19. The van der Waals surface area contributed by atoms with Crippen molar-refractivity contribution in [1.82, 2.24) is 10.1 Å². The van der Waals surface area contributed by atoms with E-state index >= 15 is 0 Å². The monoisotopic (exact) mass is 215 g/mol. The van der Waals surface area contributed by atoms with Crippen LogP contribution in [0.15, 0.2) is 4.52 Å². The van der Waals surface area contributed by atoms with Gasteiger partial charge in [-0.05, 0) is 6.92 Å². The van der Waals surface area contributed by atoms with E-state index in [9.17, 15) is 0 Å². The molecular formula is C8H13N3O2S. The number of ether oxygens (including phenoxy) is 1. The number of hydrogen-bond donors (Lipinski definition) is 1. The summed E-state index contributed by atoms with van der Waals surface area (Å²) in [5.41, 5.74) is 5.61. The van der Waals surface area contributed by atoms with Crippen LogP contribution >= 0.6 is 11.8 Å². The minimum atomic E-state index is -0.215. The van der Waals surface area contributed by atoms with E-state index in [4.69, 9.17) is 15.0 Å². The van der Waals surface area contributed by atoms with Crippen LogP contribution in [0.1, 0.15) is 30.8 Å². The second-order valence-electron chi connectivity index (χ2n) is 3.21. The molecule has 2 rings (SSSR count). The molecule has 5 nitrogen and oxygen atoms in total. The first kappa shape index (κ1) is 9.95. The van der Waals surface area contributed by atoms with Gasteiger partial charge in [-0.3, -0.25) is 0 Å². The van der Waals surface area contributed by atoms with Crippen LogP contribution in [0.2, 0.25) is 0 Å². The Kier molecular flexibility index (Phi) is 3.05. The first-order valence-electron chi connectivity index (χ1n) is 4.56. The van der Waals surface area contributed by atoms with Crippen LogP contribution in [-0.4, -0.2) is 28.3 Å². The van der Waals surface area contributed by atoms with E-state index in [2.05, 4.69) is 10.1 Å². The van der Waals surface area contributed by atoms with Gasteiger partial charge in [0, 0.05) is 11.5 Å². The molecule has 0 amide bonds. The average Bonchev–Trinajstić information content (AvgIpc) is 2.68. The van der Waals surface area contributed by atoms with Crippen molar-refractivity contribution in [2.24, 2.45) is 5.73 Å². The molecule has 2 heterocycles. The molecule has 0 aliphatic carbocycles. The van der Waals surface area contributed by atoms with Crippen LogP contribution in [-0.2, 0) is 4.74 Å². The van der Waals surface area contributed by atoms with Gasteiger partial charge in [-0.1, -0.05) is 5.16 Å². The van der Waals surface area contributed by atoms with Crippen molar-refractivity contribution in [3.05, 3.63) is 11.7 Å². The van der Waals surface area contributed by atoms with Crippen LogP contribution in [0, 0.1) is 0 Å². The lowest BCUT2D eigenvalue weighted by Crippen LogP contribution is -2.17. The van der Waals surface area contributed by atoms with Crippen molar-refractivity contribution in [3.63, 3.8) is 0 Å². The molecule has 1 saturated heterocycles.